The Balaban J connectivity index is 1.45. The third-order valence-corrected chi connectivity index (χ3v) is 6.53. The van der Waals surface area contributed by atoms with Crippen LogP contribution in [0.1, 0.15) is 42.9 Å². The maximum absolute atomic E-state index is 13.3. The maximum Gasteiger partial charge on any atom is 0.288 e. The summed E-state index contributed by atoms with van der Waals surface area (Å²) in [5, 5.41) is 11.1. The van der Waals surface area contributed by atoms with Crippen molar-refractivity contribution in [1.29, 1.82) is 0 Å². The molecule has 0 bridgehead atoms. The average molecular weight is 474 g/mol. The molecule has 1 saturated heterocycles. The van der Waals surface area contributed by atoms with E-state index in [1.807, 2.05) is 24.4 Å². The molecule has 34 heavy (non-hydrogen) atoms. The number of alkyl halides is 2. The number of nitrogens with one attached hydrogen (secondary N) is 3. The van der Waals surface area contributed by atoms with Gasteiger partial charge in [0.2, 0.25) is 11.8 Å². The number of H-pyrrole nitrogens is 2. The van der Waals surface area contributed by atoms with Gasteiger partial charge in [0.25, 0.3) is 12.3 Å². The summed E-state index contributed by atoms with van der Waals surface area (Å²) in [7, 11) is 1.69. The molecule has 0 saturated carbocycles. The van der Waals surface area contributed by atoms with E-state index in [9.17, 15) is 13.6 Å². The van der Waals surface area contributed by atoms with Crippen LogP contribution in [0.2, 0.25) is 0 Å². The number of anilines is 1. The van der Waals surface area contributed by atoms with Crippen molar-refractivity contribution in [2.45, 2.75) is 51.6 Å². The minimum Gasteiger partial charge on any atom is -0.361 e. The van der Waals surface area contributed by atoms with Crippen LogP contribution in [0.15, 0.2) is 30.5 Å². The SMILES string of the molecule is CC(C)CCC(Cc1c[nH]c2ccccc12)NC(=O)c1nc(N2CCN(C)C(C(F)F)C2)n[nH]1. The Bertz CT molecular complexity index is 1100. The number of para-hydroxylation sites is 1. The highest BCUT2D eigenvalue weighted by molar-refractivity contribution is 5.91. The molecule has 1 fully saturated rings. The van der Waals surface area contributed by atoms with Gasteiger partial charge in [-0.15, -0.1) is 5.10 Å². The summed E-state index contributed by atoms with van der Waals surface area (Å²) in [6.45, 7) is 5.44. The summed E-state index contributed by atoms with van der Waals surface area (Å²) >= 11 is 0. The molecule has 2 aromatic heterocycles. The molecule has 1 aliphatic heterocycles. The third-order valence-electron chi connectivity index (χ3n) is 6.53. The highest BCUT2D eigenvalue weighted by Crippen LogP contribution is 2.22. The molecule has 184 valence electrons. The Hall–Kier alpha value is -3.01. The lowest BCUT2D eigenvalue weighted by molar-refractivity contribution is 0.0322. The van der Waals surface area contributed by atoms with Crippen LogP contribution in [-0.4, -0.2) is 76.2 Å². The van der Waals surface area contributed by atoms with Gasteiger partial charge in [-0.25, -0.2) is 8.78 Å². The number of fused-ring (bicyclic) bond motifs is 1. The number of benzene rings is 1. The van der Waals surface area contributed by atoms with Gasteiger partial charge in [-0.3, -0.25) is 14.8 Å². The van der Waals surface area contributed by atoms with Crippen molar-refractivity contribution in [3.63, 3.8) is 0 Å². The Kier molecular flexibility index (Phi) is 7.45. The number of nitrogens with zero attached hydrogens (tertiary/aromatic N) is 4. The molecule has 3 aromatic rings. The van der Waals surface area contributed by atoms with E-state index in [-0.39, 0.29) is 30.3 Å². The molecule has 0 aliphatic carbocycles. The standard InChI is InChI=1S/C24H33F2N7O/c1-15(2)8-9-17(12-16-13-27-19-7-5-4-6-18(16)19)28-23(34)22-29-24(31-30-22)33-11-10-32(3)20(14-33)21(25)26/h4-7,13,15,17,20-21,27H,8-12,14H2,1-3H3,(H,28,34)(H,29,30,31). The topological polar surface area (TPSA) is 92.9 Å². The van der Waals surface area contributed by atoms with E-state index < -0.39 is 12.5 Å². The zero-order chi connectivity index (χ0) is 24.2. The van der Waals surface area contributed by atoms with Gasteiger partial charge in [0.15, 0.2) is 0 Å². The molecule has 0 radical (unpaired) electrons. The fraction of sp³-hybridized carbons (Fsp3) is 0.542. The first-order chi connectivity index (χ1) is 16.3. The van der Waals surface area contributed by atoms with Crippen molar-refractivity contribution in [1.82, 2.24) is 30.4 Å². The third kappa shape index (κ3) is 5.55. The number of aromatic amines is 2. The zero-order valence-electron chi connectivity index (χ0n) is 19.9. The van der Waals surface area contributed by atoms with Crippen LogP contribution in [0.3, 0.4) is 0 Å². The predicted molar refractivity (Wildman–Crippen MR) is 128 cm³/mol. The summed E-state index contributed by atoms with van der Waals surface area (Å²) in [6, 6.07) is 7.15. The van der Waals surface area contributed by atoms with E-state index in [0.29, 0.717) is 25.4 Å². The number of aromatic nitrogens is 4. The second kappa shape index (κ2) is 10.5. The van der Waals surface area contributed by atoms with Crippen molar-refractivity contribution in [2.24, 2.45) is 5.92 Å². The Morgan fingerprint density at radius 1 is 1.24 bits per heavy atom. The van der Waals surface area contributed by atoms with Gasteiger partial charge in [0.1, 0.15) is 0 Å². The summed E-state index contributed by atoms with van der Waals surface area (Å²) in [6.07, 6.45) is 2.04. The average Bonchev–Trinajstić information content (AvgIpc) is 3.45. The predicted octanol–water partition coefficient (Wildman–Crippen LogP) is 3.45. The van der Waals surface area contributed by atoms with Crippen molar-refractivity contribution < 1.29 is 13.6 Å². The summed E-state index contributed by atoms with van der Waals surface area (Å²) < 4.78 is 26.7. The number of amides is 1. The molecule has 2 atom stereocenters. The number of hydrogen-bond acceptors (Lipinski definition) is 5. The van der Waals surface area contributed by atoms with Crippen LogP contribution < -0.4 is 10.2 Å². The van der Waals surface area contributed by atoms with E-state index in [1.54, 1.807) is 16.8 Å². The molecule has 4 rings (SSSR count). The van der Waals surface area contributed by atoms with Gasteiger partial charge in [0.05, 0.1) is 6.04 Å². The highest BCUT2D eigenvalue weighted by atomic mass is 19.3. The molecule has 0 spiro atoms. The van der Waals surface area contributed by atoms with Crippen LogP contribution >= 0.6 is 0 Å². The quantitative estimate of drug-likeness (QED) is 0.443. The number of rotatable bonds is 9. The molecular formula is C24H33F2N7O. The smallest absolute Gasteiger partial charge is 0.288 e. The number of piperazine rings is 1. The molecule has 1 aliphatic rings. The molecule has 8 nitrogen and oxygen atoms in total. The zero-order valence-corrected chi connectivity index (χ0v) is 19.9. The van der Waals surface area contributed by atoms with Crippen LogP contribution in [-0.2, 0) is 6.42 Å². The lowest BCUT2D eigenvalue weighted by Gasteiger charge is -2.38. The van der Waals surface area contributed by atoms with Crippen molar-refractivity contribution in [2.75, 3.05) is 31.6 Å². The largest absolute Gasteiger partial charge is 0.361 e. The monoisotopic (exact) mass is 473 g/mol. The lowest BCUT2D eigenvalue weighted by atomic mass is 9.97. The molecule has 3 heterocycles. The van der Waals surface area contributed by atoms with E-state index in [2.05, 4.69) is 45.4 Å². The number of likely N-dealkylation sites (N-methyl/N-ethyl adjacent to an activating group) is 1. The van der Waals surface area contributed by atoms with Gasteiger partial charge in [0, 0.05) is 42.8 Å². The van der Waals surface area contributed by atoms with Crippen LogP contribution in [0.25, 0.3) is 10.9 Å². The lowest BCUT2D eigenvalue weighted by Crippen LogP contribution is -2.54. The van der Waals surface area contributed by atoms with E-state index in [0.717, 1.165) is 29.3 Å². The second-order valence-electron chi connectivity index (χ2n) is 9.52. The van der Waals surface area contributed by atoms with Gasteiger partial charge in [-0.1, -0.05) is 32.0 Å². The Labute approximate surface area is 198 Å². The Morgan fingerprint density at radius 2 is 2.03 bits per heavy atom. The number of carbonyl (C=O) groups excluding carboxylic acids is 1. The van der Waals surface area contributed by atoms with Gasteiger partial charge in [-0.05, 0) is 43.9 Å². The van der Waals surface area contributed by atoms with Crippen molar-refractivity contribution in [3.8, 4) is 0 Å². The Morgan fingerprint density at radius 3 is 2.79 bits per heavy atom. The maximum atomic E-state index is 13.3. The van der Waals surface area contributed by atoms with Crippen molar-refractivity contribution >= 4 is 22.8 Å². The van der Waals surface area contributed by atoms with Crippen LogP contribution in [0.5, 0.6) is 0 Å². The fourth-order valence-corrected chi connectivity index (χ4v) is 4.43. The second-order valence-corrected chi connectivity index (χ2v) is 9.52. The van der Waals surface area contributed by atoms with Crippen LogP contribution in [0, 0.1) is 5.92 Å². The molecule has 3 N–H and O–H groups in total. The number of carbonyl (C=O) groups is 1. The summed E-state index contributed by atoms with van der Waals surface area (Å²) in [5.41, 5.74) is 2.22. The summed E-state index contributed by atoms with van der Waals surface area (Å²) in [5.74, 6) is 0.543. The fourth-order valence-electron chi connectivity index (χ4n) is 4.43. The van der Waals surface area contributed by atoms with Gasteiger partial charge < -0.3 is 15.2 Å². The van der Waals surface area contributed by atoms with E-state index in [1.165, 1.54) is 0 Å². The normalized spacial score (nSPS) is 18.2. The highest BCUT2D eigenvalue weighted by Gasteiger charge is 2.33. The first-order valence-corrected chi connectivity index (χ1v) is 11.8. The first kappa shape index (κ1) is 24.1. The summed E-state index contributed by atoms with van der Waals surface area (Å²) in [4.78, 5) is 24.0. The van der Waals surface area contributed by atoms with E-state index >= 15 is 0 Å². The molecular weight excluding hydrogens is 440 g/mol. The molecule has 10 heteroatoms. The van der Waals surface area contributed by atoms with E-state index in [4.69, 9.17) is 0 Å². The minimum atomic E-state index is -2.46. The number of hydrogen-bond donors (Lipinski definition) is 3. The van der Waals surface area contributed by atoms with Gasteiger partial charge >= 0.3 is 0 Å². The molecule has 1 amide bonds. The number of halogens is 2. The minimum absolute atomic E-state index is 0.0745. The van der Waals surface area contributed by atoms with Crippen molar-refractivity contribution in [3.05, 3.63) is 41.9 Å². The molecule has 1 aromatic carbocycles. The van der Waals surface area contributed by atoms with Crippen LogP contribution in [0.4, 0.5) is 14.7 Å². The first-order valence-electron chi connectivity index (χ1n) is 11.8. The van der Waals surface area contributed by atoms with Gasteiger partial charge in [-0.2, -0.15) is 4.98 Å². The molecule has 2 unspecified atom stereocenters.